The van der Waals surface area contributed by atoms with E-state index in [2.05, 4.69) is 41.5 Å². The zero-order valence-corrected chi connectivity index (χ0v) is 9.78. The van der Waals surface area contributed by atoms with Crippen LogP contribution in [0.1, 0.15) is 60.8 Å². The van der Waals surface area contributed by atoms with E-state index in [0.29, 0.717) is 5.41 Å². The first-order chi connectivity index (χ1) is 5.45. The van der Waals surface area contributed by atoms with Crippen LogP contribution < -0.4 is 0 Å². The molecule has 0 unspecified atom stereocenters. The molecule has 0 aliphatic heterocycles. The fourth-order valence-electron chi connectivity index (χ4n) is 2.20. The summed E-state index contributed by atoms with van der Waals surface area (Å²) in [5.74, 6) is 1.73. The fraction of sp³-hybridized carbons (Fsp3) is 1.00. The summed E-state index contributed by atoms with van der Waals surface area (Å²) in [4.78, 5) is 0. The molecule has 0 bridgehead atoms. The molecule has 0 aliphatic rings. The maximum atomic E-state index is 2.41. The second kappa shape index (κ2) is 4.89. The Balaban J connectivity index is 4.27. The Bertz CT molecular complexity index is 111. The molecule has 12 heavy (non-hydrogen) atoms. The minimum atomic E-state index is 0.532. The van der Waals surface area contributed by atoms with Crippen molar-refractivity contribution in [3.63, 3.8) is 0 Å². The van der Waals surface area contributed by atoms with Gasteiger partial charge in [0, 0.05) is 0 Å². The summed E-state index contributed by atoms with van der Waals surface area (Å²) < 4.78 is 0. The third-order valence-corrected chi connectivity index (χ3v) is 3.32. The lowest BCUT2D eigenvalue weighted by Gasteiger charge is -2.36. The highest BCUT2D eigenvalue weighted by molar-refractivity contribution is 4.78. The lowest BCUT2D eigenvalue weighted by molar-refractivity contribution is 0.138. The van der Waals surface area contributed by atoms with Gasteiger partial charge in [0.05, 0.1) is 0 Å². The summed E-state index contributed by atoms with van der Waals surface area (Å²) in [5.41, 5.74) is 0.532. The minimum absolute atomic E-state index is 0.532. The Morgan fingerprint density at radius 3 is 1.83 bits per heavy atom. The summed E-state index contributed by atoms with van der Waals surface area (Å²) >= 11 is 0. The van der Waals surface area contributed by atoms with Crippen LogP contribution in [0.2, 0.25) is 0 Å². The monoisotopic (exact) mass is 170 g/mol. The highest BCUT2D eigenvalue weighted by atomic mass is 14.3. The zero-order valence-electron chi connectivity index (χ0n) is 9.78. The molecule has 0 aromatic heterocycles. The molecule has 0 aromatic rings. The fourth-order valence-corrected chi connectivity index (χ4v) is 2.20. The molecule has 0 heterocycles. The summed E-state index contributed by atoms with van der Waals surface area (Å²) in [6.45, 7) is 14.1. The molecule has 0 N–H and O–H groups in total. The molecule has 0 radical (unpaired) electrons. The Hall–Kier alpha value is 0. The molecule has 0 aliphatic carbocycles. The molecule has 0 nitrogen and oxygen atoms in total. The van der Waals surface area contributed by atoms with E-state index in [9.17, 15) is 0 Å². The van der Waals surface area contributed by atoms with Gasteiger partial charge in [-0.05, 0) is 23.7 Å². The van der Waals surface area contributed by atoms with Crippen molar-refractivity contribution in [1.29, 1.82) is 0 Å². The number of hydrogen-bond acceptors (Lipinski definition) is 0. The Labute approximate surface area is 78.8 Å². The quantitative estimate of drug-likeness (QED) is 0.570. The summed E-state index contributed by atoms with van der Waals surface area (Å²) in [6, 6.07) is 0. The van der Waals surface area contributed by atoms with E-state index in [1.807, 2.05) is 0 Å². The average Bonchev–Trinajstić information content (AvgIpc) is 1.99. The van der Waals surface area contributed by atoms with Crippen molar-refractivity contribution in [2.75, 3.05) is 0 Å². The van der Waals surface area contributed by atoms with Crippen LogP contribution in [0.4, 0.5) is 0 Å². The van der Waals surface area contributed by atoms with Crippen molar-refractivity contribution < 1.29 is 0 Å². The Morgan fingerprint density at radius 2 is 1.58 bits per heavy atom. The van der Waals surface area contributed by atoms with Crippen LogP contribution >= 0.6 is 0 Å². The van der Waals surface area contributed by atoms with Crippen LogP contribution in [-0.2, 0) is 0 Å². The first kappa shape index (κ1) is 12.0. The molecule has 0 heteroatoms. The van der Waals surface area contributed by atoms with E-state index < -0.39 is 0 Å². The van der Waals surface area contributed by atoms with Gasteiger partial charge >= 0.3 is 0 Å². The van der Waals surface area contributed by atoms with Gasteiger partial charge in [-0.25, -0.2) is 0 Å². The molecule has 0 spiro atoms. The Kier molecular flexibility index (Phi) is 4.89. The lowest BCUT2D eigenvalue weighted by atomic mass is 9.69. The maximum absolute atomic E-state index is 2.41. The van der Waals surface area contributed by atoms with E-state index >= 15 is 0 Å². The molecule has 0 aromatic carbocycles. The van der Waals surface area contributed by atoms with E-state index in [1.54, 1.807) is 0 Å². The van der Waals surface area contributed by atoms with Gasteiger partial charge < -0.3 is 0 Å². The highest BCUT2D eigenvalue weighted by Gasteiger charge is 2.28. The maximum Gasteiger partial charge on any atom is -0.0326 e. The van der Waals surface area contributed by atoms with Crippen LogP contribution in [0.5, 0.6) is 0 Å². The van der Waals surface area contributed by atoms with Gasteiger partial charge in [-0.2, -0.15) is 0 Å². The number of hydrogen-bond donors (Lipinski definition) is 0. The van der Waals surface area contributed by atoms with Gasteiger partial charge in [0.25, 0.3) is 0 Å². The van der Waals surface area contributed by atoms with Crippen molar-refractivity contribution in [2.45, 2.75) is 60.8 Å². The van der Waals surface area contributed by atoms with Crippen molar-refractivity contribution in [3.05, 3.63) is 0 Å². The van der Waals surface area contributed by atoms with Gasteiger partial charge in [-0.1, -0.05) is 54.4 Å². The standard InChI is InChI=1S/C12H26/c1-7-9-11(10(3)4)12(5,6)8-2/h10-11H,7-9H2,1-6H3/t11-/m0/s1. The molecular formula is C12H26. The van der Waals surface area contributed by atoms with Crippen LogP contribution in [0.3, 0.4) is 0 Å². The minimum Gasteiger partial charge on any atom is -0.0654 e. The molecule has 0 fully saturated rings. The SMILES string of the molecule is CCC[C@@H](C(C)C)C(C)(C)CC. The molecule has 0 amide bonds. The van der Waals surface area contributed by atoms with Crippen LogP contribution in [0.25, 0.3) is 0 Å². The van der Waals surface area contributed by atoms with E-state index in [4.69, 9.17) is 0 Å². The van der Waals surface area contributed by atoms with Crippen molar-refractivity contribution >= 4 is 0 Å². The molecule has 0 saturated carbocycles. The number of rotatable bonds is 5. The summed E-state index contributed by atoms with van der Waals surface area (Å²) in [7, 11) is 0. The largest absolute Gasteiger partial charge is 0.0654 e. The second-order valence-electron chi connectivity index (χ2n) is 4.98. The first-order valence-electron chi connectivity index (χ1n) is 5.45. The first-order valence-corrected chi connectivity index (χ1v) is 5.45. The van der Waals surface area contributed by atoms with Gasteiger partial charge in [-0.3, -0.25) is 0 Å². The Morgan fingerprint density at radius 1 is 1.08 bits per heavy atom. The second-order valence-corrected chi connectivity index (χ2v) is 4.98. The van der Waals surface area contributed by atoms with Crippen molar-refractivity contribution in [2.24, 2.45) is 17.3 Å². The lowest BCUT2D eigenvalue weighted by Crippen LogP contribution is -2.27. The molecular weight excluding hydrogens is 144 g/mol. The van der Waals surface area contributed by atoms with Crippen LogP contribution in [0.15, 0.2) is 0 Å². The van der Waals surface area contributed by atoms with Crippen molar-refractivity contribution in [1.82, 2.24) is 0 Å². The van der Waals surface area contributed by atoms with Crippen LogP contribution in [0, 0.1) is 17.3 Å². The van der Waals surface area contributed by atoms with Crippen molar-refractivity contribution in [3.8, 4) is 0 Å². The van der Waals surface area contributed by atoms with E-state index in [1.165, 1.54) is 19.3 Å². The summed E-state index contributed by atoms with van der Waals surface area (Å²) in [6.07, 6.45) is 4.01. The predicted molar refractivity (Wildman–Crippen MR) is 57.3 cm³/mol. The molecule has 0 saturated heterocycles. The zero-order chi connectivity index (χ0) is 9.78. The van der Waals surface area contributed by atoms with Gasteiger partial charge in [0.2, 0.25) is 0 Å². The van der Waals surface area contributed by atoms with E-state index in [0.717, 1.165) is 11.8 Å². The molecule has 1 atom stereocenters. The smallest absolute Gasteiger partial charge is 0.0326 e. The van der Waals surface area contributed by atoms with Gasteiger partial charge in [0.1, 0.15) is 0 Å². The third kappa shape index (κ3) is 3.16. The topological polar surface area (TPSA) is 0 Å². The van der Waals surface area contributed by atoms with E-state index in [-0.39, 0.29) is 0 Å². The van der Waals surface area contributed by atoms with Gasteiger partial charge in [0.15, 0.2) is 0 Å². The summed E-state index contributed by atoms with van der Waals surface area (Å²) in [5, 5.41) is 0. The third-order valence-electron chi connectivity index (χ3n) is 3.32. The predicted octanol–water partition coefficient (Wildman–Crippen LogP) is 4.49. The average molecular weight is 170 g/mol. The highest BCUT2D eigenvalue weighted by Crippen LogP contribution is 2.38. The van der Waals surface area contributed by atoms with Gasteiger partial charge in [-0.15, -0.1) is 0 Å². The normalized spacial score (nSPS) is 15.2. The van der Waals surface area contributed by atoms with Crippen LogP contribution in [-0.4, -0.2) is 0 Å². The molecule has 74 valence electrons. The molecule has 0 rings (SSSR count).